The van der Waals surface area contributed by atoms with E-state index in [0.29, 0.717) is 23.6 Å². The average molecular weight is 493 g/mol. The average Bonchev–Trinajstić information content (AvgIpc) is 3.37. The summed E-state index contributed by atoms with van der Waals surface area (Å²) in [5, 5.41) is 15.0. The van der Waals surface area contributed by atoms with Crippen molar-refractivity contribution in [3.8, 4) is 11.5 Å². The highest BCUT2D eigenvalue weighted by atomic mass is 32.1. The predicted molar refractivity (Wildman–Crippen MR) is 139 cm³/mol. The van der Waals surface area contributed by atoms with Crippen molar-refractivity contribution in [1.29, 1.82) is 0 Å². The van der Waals surface area contributed by atoms with Crippen molar-refractivity contribution in [2.24, 2.45) is 0 Å². The summed E-state index contributed by atoms with van der Waals surface area (Å²) in [5.41, 5.74) is 1.26. The molecule has 1 saturated carbocycles. The summed E-state index contributed by atoms with van der Waals surface area (Å²) in [6.45, 7) is 2.46. The molecule has 0 bridgehead atoms. The standard InChI is InChI=1S/C28H32N2O4S/c1-2-34-24-16-12-22(13-17-24)30(26(32)19-25-9-6-18-35-25)27(20-10-14-23(31)15-11-20)28(33)29-21-7-4-3-5-8-21/h6,9-18,21,27,31H,2-5,7-8,19H2,1H3,(H,29,33)/t27-/m1/s1. The Bertz CT molecular complexity index is 1090. The Morgan fingerprint density at radius 2 is 1.77 bits per heavy atom. The number of hydrogen-bond acceptors (Lipinski definition) is 5. The van der Waals surface area contributed by atoms with Crippen LogP contribution >= 0.6 is 11.3 Å². The number of thiophene rings is 1. The lowest BCUT2D eigenvalue weighted by molar-refractivity contribution is -0.127. The molecule has 0 unspecified atom stereocenters. The fourth-order valence-electron chi connectivity index (χ4n) is 4.56. The maximum atomic E-state index is 13.8. The number of ether oxygens (including phenoxy) is 1. The van der Waals surface area contributed by atoms with Crippen LogP contribution < -0.4 is 15.0 Å². The van der Waals surface area contributed by atoms with Crippen molar-refractivity contribution < 1.29 is 19.4 Å². The van der Waals surface area contributed by atoms with Gasteiger partial charge in [-0.05, 0) is 73.2 Å². The van der Waals surface area contributed by atoms with Gasteiger partial charge in [0.05, 0.1) is 13.0 Å². The first-order valence-corrected chi connectivity index (χ1v) is 13.1. The van der Waals surface area contributed by atoms with Gasteiger partial charge in [-0.3, -0.25) is 14.5 Å². The number of phenolic OH excluding ortho intramolecular Hbond substituents is 1. The van der Waals surface area contributed by atoms with Crippen LogP contribution in [0.1, 0.15) is 55.5 Å². The second-order valence-electron chi connectivity index (χ2n) is 8.78. The number of benzene rings is 2. The van der Waals surface area contributed by atoms with E-state index in [1.54, 1.807) is 29.2 Å². The third-order valence-electron chi connectivity index (χ3n) is 6.27. The summed E-state index contributed by atoms with van der Waals surface area (Å²) < 4.78 is 5.58. The Labute approximate surface area is 210 Å². The van der Waals surface area contributed by atoms with Gasteiger partial charge in [0, 0.05) is 16.6 Å². The molecule has 1 heterocycles. The number of phenols is 1. The molecule has 1 aliphatic carbocycles. The lowest BCUT2D eigenvalue weighted by atomic mass is 9.94. The molecule has 2 aromatic carbocycles. The van der Waals surface area contributed by atoms with Crippen LogP contribution in [0.5, 0.6) is 11.5 Å². The van der Waals surface area contributed by atoms with E-state index in [4.69, 9.17) is 4.74 Å². The van der Waals surface area contributed by atoms with Crippen LogP contribution in [0.15, 0.2) is 66.0 Å². The van der Waals surface area contributed by atoms with Gasteiger partial charge in [-0.1, -0.05) is 37.5 Å². The number of carbonyl (C=O) groups excluding carboxylic acids is 2. The molecule has 1 atom stereocenters. The molecule has 1 aliphatic rings. The minimum Gasteiger partial charge on any atom is -0.508 e. The van der Waals surface area contributed by atoms with Gasteiger partial charge in [-0.25, -0.2) is 0 Å². The fraction of sp³-hybridized carbons (Fsp3) is 0.357. The number of aromatic hydroxyl groups is 1. The lowest BCUT2D eigenvalue weighted by Gasteiger charge is -2.33. The second kappa shape index (κ2) is 11.9. The molecule has 1 fully saturated rings. The van der Waals surface area contributed by atoms with Crippen molar-refractivity contribution in [2.75, 3.05) is 11.5 Å². The van der Waals surface area contributed by atoms with Crippen LogP contribution in [0.25, 0.3) is 0 Å². The van der Waals surface area contributed by atoms with Crippen LogP contribution in [0, 0.1) is 0 Å². The molecule has 3 aromatic rings. The number of carbonyl (C=O) groups is 2. The largest absolute Gasteiger partial charge is 0.508 e. The Kier molecular flexibility index (Phi) is 8.42. The van der Waals surface area contributed by atoms with Gasteiger partial charge in [0.2, 0.25) is 11.8 Å². The van der Waals surface area contributed by atoms with Crippen molar-refractivity contribution >= 4 is 28.8 Å². The molecule has 184 valence electrons. The number of hydrogen-bond donors (Lipinski definition) is 2. The van der Waals surface area contributed by atoms with Crippen LogP contribution in [0.3, 0.4) is 0 Å². The number of amides is 2. The zero-order valence-corrected chi connectivity index (χ0v) is 20.8. The first-order chi connectivity index (χ1) is 17.0. The summed E-state index contributed by atoms with van der Waals surface area (Å²) in [6, 6.07) is 16.9. The van der Waals surface area contributed by atoms with Crippen molar-refractivity contribution in [1.82, 2.24) is 5.32 Å². The molecule has 1 aromatic heterocycles. The molecule has 0 aliphatic heterocycles. The van der Waals surface area contributed by atoms with Crippen LogP contribution in [-0.4, -0.2) is 29.6 Å². The monoisotopic (exact) mass is 492 g/mol. The quantitative estimate of drug-likeness (QED) is 0.406. The molecule has 0 radical (unpaired) electrons. The fourth-order valence-corrected chi connectivity index (χ4v) is 5.25. The Balaban J connectivity index is 1.73. The third kappa shape index (κ3) is 6.42. The van der Waals surface area contributed by atoms with Gasteiger partial charge in [0.25, 0.3) is 0 Å². The number of rotatable bonds is 9. The SMILES string of the molecule is CCOc1ccc(N(C(=O)Cc2cccs2)[C@@H](C(=O)NC2CCCCC2)c2ccc(O)cc2)cc1. The number of nitrogens with one attached hydrogen (secondary N) is 1. The molecule has 35 heavy (non-hydrogen) atoms. The van der Waals surface area contributed by atoms with Crippen molar-refractivity contribution in [3.05, 3.63) is 76.5 Å². The topological polar surface area (TPSA) is 78.9 Å². The van der Waals surface area contributed by atoms with E-state index in [1.807, 2.05) is 48.7 Å². The molecular formula is C28H32N2O4S. The molecule has 6 nitrogen and oxygen atoms in total. The van der Waals surface area contributed by atoms with Crippen LogP contribution in [-0.2, 0) is 16.0 Å². The van der Waals surface area contributed by atoms with Gasteiger partial charge < -0.3 is 15.2 Å². The summed E-state index contributed by atoms with van der Waals surface area (Å²) >= 11 is 1.52. The highest BCUT2D eigenvalue weighted by Gasteiger charge is 2.34. The first-order valence-electron chi connectivity index (χ1n) is 12.2. The summed E-state index contributed by atoms with van der Waals surface area (Å²) in [7, 11) is 0. The normalized spacial score (nSPS) is 14.8. The molecule has 4 rings (SSSR count). The lowest BCUT2D eigenvalue weighted by Crippen LogP contribution is -2.47. The first kappa shape index (κ1) is 24.8. The van der Waals surface area contributed by atoms with E-state index < -0.39 is 6.04 Å². The van der Waals surface area contributed by atoms with E-state index >= 15 is 0 Å². The summed E-state index contributed by atoms with van der Waals surface area (Å²) in [5.74, 6) is 0.428. The van der Waals surface area contributed by atoms with Gasteiger partial charge >= 0.3 is 0 Å². The van der Waals surface area contributed by atoms with Crippen LogP contribution in [0.4, 0.5) is 5.69 Å². The summed E-state index contributed by atoms with van der Waals surface area (Å²) in [6.07, 6.45) is 5.45. The molecule has 0 spiro atoms. The Morgan fingerprint density at radius 3 is 2.40 bits per heavy atom. The van der Waals surface area contributed by atoms with E-state index in [-0.39, 0.29) is 30.0 Å². The smallest absolute Gasteiger partial charge is 0.248 e. The second-order valence-corrected chi connectivity index (χ2v) is 9.82. The van der Waals surface area contributed by atoms with Gasteiger partial charge in [0.15, 0.2) is 0 Å². The number of nitrogens with zero attached hydrogens (tertiary/aromatic N) is 1. The molecule has 2 amide bonds. The minimum atomic E-state index is -0.872. The zero-order valence-electron chi connectivity index (χ0n) is 20.0. The highest BCUT2D eigenvalue weighted by Crippen LogP contribution is 2.32. The maximum absolute atomic E-state index is 13.8. The number of anilines is 1. The van der Waals surface area contributed by atoms with E-state index in [2.05, 4.69) is 5.32 Å². The third-order valence-corrected chi connectivity index (χ3v) is 7.14. The molecule has 0 saturated heterocycles. The molecular weight excluding hydrogens is 460 g/mol. The van der Waals surface area contributed by atoms with Crippen LogP contribution in [0.2, 0.25) is 0 Å². The van der Waals surface area contributed by atoms with Gasteiger partial charge in [-0.15, -0.1) is 11.3 Å². The van der Waals surface area contributed by atoms with E-state index in [9.17, 15) is 14.7 Å². The minimum absolute atomic E-state index is 0.102. The van der Waals surface area contributed by atoms with Crippen molar-refractivity contribution in [2.45, 2.75) is 57.5 Å². The Morgan fingerprint density at radius 1 is 1.06 bits per heavy atom. The zero-order chi connectivity index (χ0) is 24.6. The van der Waals surface area contributed by atoms with E-state index in [0.717, 1.165) is 30.6 Å². The highest BCUT2D eigenvalue weighted by molar-refractivity contribution is 7.10. The van der Waals surface area contributed by atoms with E-state index in [1.165, 1.54) is 17.8 Å². The van der Waals surface area contributed by atoms with Gasteiger partial charge in [0.1, 0.15) is 17.5 Å². The van der Waals surface area contributed by atoms with Crippen molar-refractivity contribution in [3.63, 3.8) is 0 Å². The maximum Gasteiger partial charge on any atom is 0.248 e. The van der Waals surface area contributed by atoms with Gasteiger partial charge in [-0.2, -0.15) is 0 Å². The summed E-state index contributed by atoms with van der Waals surface area (Å²) in [4.78, 5) is 30.1. The predicted octanol–water partition coefficient (Wildman–Crippen LogP) is 5.62. The molecule has 2 N–H and O–H groups in total. The Hall–Kier alpha value is -3.32. The molecule has 7 heteroatoms.